The molecule has 0 aliphatic carbocycles. The minimum absolute atomic E-state index is 0.836. The van der Waals surface area contributed by atoms with Gasteiger partial charge in [0.05, 0.1) is 39.1 Å². The average molecular weight is 643 g/mol. The Balaban J connectivity index is 0.888. The number of benzene rings is 4. The molecular formula is C44H30N6. The number of hydrogen-bond acceptors (Lipinski definition) is 4. The average Bonchev–Trinajstić information content (AvgIpc) is 3.71. The normalized spacial score (nSPS) is 12.4. The van der Waals surface area contributed by atoms with Crippen LogP contribution in [0, 0.1) is 0 Å². The standard InChI is InChI=1S/C44H30N6/c1-3-8-40-35(6-1)37-28-45-25-23-42(37)49(40)33-17-11-29(12-18-33)31-15-21-38(47-26-31)39-22-16-32(27-48-39)30-13-19-34(20-14-30)50-41-9-4-2-7-36(41)44-43(50)10-5-24-46-44/h1-27,45H,28H2. The van der Waals surface area contributed by atoms with Crippen molar-refractivity contribution in [3.63, 3.8) is 0 Å². The van der Waals surface area contributed by atoms with Crippen LogP contribution >= 0.6 is 0 Å². The molecule has 6 heteroatoms. The van der Waals surface area contributed by atoms with E-state index in [0.717, 1.165) is 73.5 Å². The van der Waals surface area contributed by atoms with Gasteiger partial charge in [-0.3, -0.25) is 15.0 Å². The van der Waals surface area contributed by atoms with Crippen molar-refractivity contribution in [1.29, 1.82) is 0 Å². The molecule has 0 unspecified atom stereocenters. The van der Waals surface area contributed by atoms with E-state index in [1.165, 1.54) is 22.2 Å². The Morgan fingerprint density at radius 2 is 1.04 bits per heavy atom. The van der Waals surface area contributed by atoms with Gasteiger partial charge < -0.3 is 14.5 Å². The van der Waals surface area contributed by atoms with Gasteiger partial charge in [-0.1, -0.05) is 72.8 Å². The van der Waals surface area contributed by atoms with Gasteiger partial charge in [0.25, 0.3) is 0 Å². The number of pyridine rings is 3. The van der Waals surface area contributed by atoms with Gasteiger partial charge in [0.15, 0.2) is 0 Å². The molecule has 0 saturated carbocycles. The van der Waals surface area contributed by atoms with Crippen molar-refractivity contribution < 1.29 is 0 Å². The third kappa shape index (κ3) is 4.54. The Bertz CT molecular complexity index is 2660. The van der Waals surface area contributed by atoms with Gasteiger partial charge in [0.2, 0.25) is 0 Å². The molecule has 0 spiro atoms. The zero-order valence-corrected chi connectivity index (χ0v) is 27.0. The summed E-state index contributed by atoms with van der Waals surface area (Å²) in [5.74, 6) is 0. The van der Waals surface area contributed by atoms with E-state index in [0.29, 0.717) is 0 Å². The molecule has 1 aliphatic heterocycles. The quantitative estimate of drug-likeness (QED) is 0.203. The van der Waals surface area contributed by atoms with Gasteiger partial charge in [0, 0.05) is 64.0 Å². The first-order valence-corrected chi connectivity index (χ1v) is 16.8. The van der Waals surface area contributed by atoms with Crippen LogP contribution in [-0.4, -0.2) is 24.1 Å². The van der Waals surface area contributed by atoms with Crippen LogP contribution < -0.4 is 5.32 Å². The number of hydrogen-bond donors (Lipinski definition) is 1. The van der Waals surface area contributed by atoms with Crippen molar-refractivity contribution in [2.75, 3.05) is 0 Å². The molecule has 0 atom stereocenters. The summed E-state index contributed by atoms with van der Waals surface area (Å²) in [4.78, 5) is 14.3. The highest BCUT2D eigenvalue weighted by Crippen LogP contribution is 2.34. The SMILES string of the molecule is C1=Cc2c(c3ccccc3n2-c2ccc(-c3ccc(-c4ccc(-c5ccc(-n6c7ccccc7c7ncccc76)cc5)cn4)nc3)cc2)CN1. The maximum Gasteiger partial charge on any atom is 0.0963 e. The molecule has 0 bridgehead atoms. The summed E-state index contributed by atoms with van der Waals surface area (Å²) in [6.45, 7) is 0.836. The van der Waals surface area contributed by atoms with Crippen LogP contribution in [0.15, 0.2) is 158 Å². The van der Waals surface area contributed by atoms with Crippen LogP contribution in [0.4, 0.5) is 0 Å². The molecule has 0 fully saturated rings. The first-order chi connectivity index (χ1) is 24.8. The van der Waals surface area contributed by atoms with E-state index >= 15 is 0 Å². The second kappa shape index (κ2) is 11.4. The lowest BCUT2D eigenvalue weighted by Gasteiger charge is -2.13. The minimum Gasteiger partial charge on any atom is -0.387 e. The summed E-state index contributed by atoms with van der Waals surface area (Å²) in [6.07, 6.45) is 9.92. The van der Waals surface area contributed by atoms with Crippen LogP contribution in [0.1, 0.15) is 11.3 Å². The largest absolute Gasteiger partial charge is 0.387 e. The zero-order valence-electron chi connectivity index (χ0n) is 27.0. The third-order valence-electron chi connectivity index (χ3n) is 9.79. The smallest absolute Gasteiger partial charge is 0.0963 e. The fourth-order valence-corrected chi connectivity index (χ4v) is 7.36. The first kappa shape index (κ1) is 28.2. The maximum absolute atomic E-state index is 4.80. The molecule has 9 aromatic rings. The van der Waals surface area contributed by atoms with Gasteiger partial charge in [0.1, 0.15) is 0 Å². The minimum atomic E-state index is 0.836. The van der Waals surface area contributed by atoms with E-state index in [1.54, 1.807) is 0 Å². The summed E-state index contributed by atoms with van der Waals surface area (Å²) >= 11 is 0. The van der Waals surface area contributed by atoms with Gasteiger partial charge >= 0.3 is 0 Å². The van der Waals surface area contributed by atoms with Crippen LogP contribution in [-0.2, 0) is 6.54 Å². The number of nitrogens with zero attached hydrogens (tertiary/aromatic N) is 5. The molecular weight excluding hydrogens is 613 g/mol. The van der Waals surface area contributed by atoms with Crippen molar-refractivity contribution in [1.82, 2.24) is 29.4 Å². The number of aromatic nitrogens is 5. The predicted molar refractivity (Wildman–Crippen MR) is 203 cm³/mol. The number of para-hydroxylation sites is 2. The maximum atomic E-state index is 4.80. The molecule has 6 heterocycles. The summed E-state index contributed by atoms with van der Waals surface area (Å²) in [7, 11) is 0. The highest BCUT2D eigenvalue weighted by Gasteiger charge is 2.18. The molecule has 4 aromatic carbocycles. The molecule has 10 rings (SSSR count). The second-order valence-electron chi connectivity index (χ2n) is 12.6. The molecule has 5 aromatic heterocycles. The van der Waals surface area contributed by atoms with Crippen molar-refractivity contribution >= 4 is 38.9 Å². The molecule has 1 N–H and O–H groups in total. The summed E-state index contributed by atoms with van der Waals surface area (Å²) in [5.41, 5.74) is 15.3. The predicted octanol–water partition coefficient (Wildman–Crippen LogP) is 9.99. The lowest BCUT2D eigenvalue weighted by Crippen LogP contribution is -2.10. The van der Waals surface area contributed by atoms with Crippen molar-refractivity contribution in [2.45, 2.75) is 6.54 Å². The fraction of sp³-hybridized carbons (Fsp3) is 0.0227. The van der Waals surface area contributed by atoms with Crippen LogP contribution in [0.5, 0.6) is 0 Å². The third-order valence-corrected chi connectivity index (χ3v) is 9.79. The molecule has 1 aliphatic rings. The lowest BCUT2D eigenvalue weighted by molar-refractivity contribution is 0.855. The van der Waals surface area contributed by atoms with Crippen molar-refractivity contribution in [3.05, 3.63) is 170 Å². The number of nitrogens with one attached hydrogen (secondary N) is 1. The Kier molecular flexibility index (Phi) is 6.45. The Hall–Kier alpha value is -6.79. The van der Waals surface area contributed by atoms with Gasteiger partial charge in [-0.25, -0.2) is 0 Å². The van der Waals surface area contributed by atoms with Gasteiger partial charge in [-0.15, -0.1) is 0 Å². The van der Waals surface area contributed by atoms with Crippen molar-refractivity contribution in [3.8, 4) is 45.0 Å². The van der Waals surface area contributed by atoms with Gasteiger partial charge in [-0.05, 0) is 84.1 Å². The molecule has 0 radical (unpaired) electrons. The monoisotopic (exact) mass is 642 g/mol. The number of fused-ring (bicyclic) bond motifs is 6. The molecule has 236 valence electrons. The summed E-state index contributed by atoms with van der Waals surface area (Å²) < 4.78 is 4.62. The number of rotatable bonds is 5. The molecule has 0 amide bonds. The molecule has 50 heavy (non-hydrogen) atoms. The topological polar surface area (TPSA) is 60.6 Å². The van der Waals surface area contributed by atoms with E-state index in [2.05, 4.69) is 141 Å². The summed E-state index contributed by atoms with van der Waals surface area (Å²) in [6, 6.07) is 46.9. The lowest BCUT2D eigenvalue weighted by atomic mass is 10.1. The van der Waals surface area contributed by atoms with E-state index in [4.69, 9.17) is 9.97 Å². The van der Waals surface area contributed by atoms with Crippen molar-refractivity contribution in [2.24, 2.45) is 0 Å². The van der Waals surface area contributed by atoms with Gasteiger partial charge in [-0.2, -0.15) is 0 Å². The molecule has 6 nitrogen and oxygen atoms in total. The Labute approximate surface area is 288 Å². The Morgan fingerprint density at radius 3 is 1.68 bits per heavy atom. The van der Waals surface area contributed by atoms with E-state index in [1.807, 2.05) is 43.0 Å². The highest BCUT2D eigenvalue weighted by molar-refractivity contribution is 6.07. The Morgan fingerprint density at radius 1 is 0.480 bits per heavy atom. The van der Waals surface area contributed by atoms with E-state index in [9.17, 15) is 0 Å². The molecule has 0 saturated heterocycles. The first-order valence-electron chi connectivity index (χ1n) is 16.8. The fourth-order valence-electron chi connectivity index (χ4n) is 7.36. The van der Waals surface area contributed by atoms with E-state index < -0.39 is 0 Å². The van der Waals surface area contributed by atoms with Crippen LogP contribution in [0.3, 0.4) is 0 Å². The van der Waals surface area contributed by atoms with Crippen LogP contribution in [0.25, 0.3) is 83.9 Å². The van der Waals surface area contributed by atoms with Crippen LogP contribution in [0.2, 0.25) is 0 Å². The highest BCUT2D eigenvalue weighted by atomic mass is 15.0. The summed E-state index contributed by atoms with van der Waals surface area (Å²) in [5, 5.41) is 5.81. The van der Waals surface area contributed by atoms with E-state index in [-0.39, 0.29) is 0 Å². The second-order valence-corrected chi connectivity index (χ2v) is 12.6. The zero-order chi connectivity index (χ0) is 33.0.